The molecule has 27 heavy (non-hydrogen) atoms. The van der Waals surface area contributed by atoms with E-state index in [2.05, 4.69) is 20.1 Å². The van der Waals surface area contributed by atoms with Gasteiger partial charge in [0.25, 0.3) is 5.91 Å². The lowest BCUT2D eigenvalue weighted by Gasteiger charge is -2.20. The lowest BCUT2D eigenvalue weighted by Crippen LogP contribution is -2.31. The molecular formula is C20H23N5O2. The Labute approximate surface area is 158 Å². The van der Waals surface area contributed by atoms with Gasteiger partial charge in [0.05, 0.1) is 11.3 Å². The topological polar surface area (TPSA) is 85.0 Å². The first-order valence-corrected chi connectivity index (χ1v) is 9.00. The van der Waals surface area contributed by atoms with E-state index >= 15 is 0 Å². The van der Waals surface area contributed by atoms with Crippen molar-refractivity contribution in [2.24, 2.45) is 0 Å². The quantitative estimate of drug-likeness (QED) is 0.663. The summed E-state index contributed by atoms with van der Waals surface area (Å²) in [5.41, 5.74) is 1.96. The van der Waals surface area contributed by atoms with Crippen LogP contribution in [0.1, 0.15) is 54.6 Å². The number of amides is 1. The van der Waals surface area contributed by atoms with Crippen molar-refractivity contribution in [1.29, 1.82) is 0 Å². The lowest BCUT2D eigenvalue weighted by atomic mass is 10.1. The van der Waals surface area contributed by atoms with Gasteiger partial charge in [0.15, 0.2) is 5.82 Å². The molecule has 3 aromatic rings. The van der Waals surface area contributed by atoms with E-state index in [0.29, 0.717) is 35.3 Å². The largest absolute Gasteiger partial charge is 0.337 e. The van der Waals surface area contributed by atoms with Gasteiger partial charge in [-0.25, -0.2) is 9.97 Å². The summed E-state index contributed by atoms with van der Waals surface area (Å²) < 4.78 is 5.29. The molecule has 0 aliphatic rings. The van der Waals surface area contributed by atoms with Gasteiger partial charge < -0.3 is 9.42 Å². The summed E-state index contributed by atoms with van der Waals surface area (Å²) in [5.74, 6) is 1.68. The molecule has 0 unspecified atom stereocenters. The second kappa shape index (κ2) is 8.07. The molecule has 0 aliphatic heterocycles. The summed E-state index contributed by atoms with van der Waals surface area (Å²) in [4.78, 5) is 27.9. The van der Waals surface area contributed by atoms with Crippen molar-refractivity contribution in [1.82, 2.24) is 25.0 Å². The van der Waals surface area contributed by atoms with E-state index in [4.69, 9.17) is 4.52 Å². The normalized spacial score (nSPS) is 11.0. The van der Waals surface area contributed by atoms with Gasteiger partial charge in [0.1, 0.15) is 12.4 Å². The van der Waals surface area contributed by atoms with E-state index in [9.17, 15) is 4.79 Å². The van der Waals surface area contributed by atoms with Crippen LogP contribution >= 0.6 is 0 Å². The van der Waals surface area contributed by atoms with Crippen molar-refractivity contribution in [2.45, 2.75) is 40.2 Å². The van der Waals surface area contributed by atoms with Crippen LogP contribution in [0.3, 0.4) is 0 Å². The van der Waals surface area contributed by atoms with Crippen LogP contribution in [0.25, 0.3) is 11.3 Å². The van der Waals surface area contributed by atoms with Gasteiger partial charge in [0, 0.05) is 24.2 Å². The molecule has 0 bridgehead atoms. The molecule has 0 radical (unpaired) electrons. The SMILES string of the molecule is CCN(Cc1nc(C(C)C)no1)C(=O)c1cnc(C)nc1-c1ccccc1. The summed E-state index contributed by atoms with van der Waals surface area (Å²) in [6.45, 7) is 8.46. The predicted molar refractivity (Wildman–Crippen MR) is 101 cm³/mol. The van der Waals surface area contributed by atoms with E-state index in [1.54, 1.807) is 11.1 Å². The van der Waals surface area contributed by atoms with Crippen LogP contribution in [-0.2, 0) is 6.54 Å². The highest BCUT2D eigenvalue weighted by Gasteiger charge is 2.23. The first kappa shape index (κ1) is 18.7. The van der Waals surface area contributed by atoms with Gasteiger partial charge in [-0.1, -0.05) is 49.3 Å². The molecule has 0 aliphatic carbocycles. The second-order valence-electron chi connectivity index (χ2n) is 6.57. The van der Waals surface area contributed by atoms with Crippen LogP contribution in [0, 0.1) is 6.92 Å². The van der Waals surface area contributed by atoms with Gasteiger partial charge in [-0.15, -0.1) is 0 Å². The smallest absolute Gasteiger partial charge is 0.258 e. The van der Waals surface area contributed by atoms with Crippen molar-refractivity contribution >= 4 is 5.91 Å². The molecule has 3 rings (SSSR count). The highest BCUT2D eigenvalue weighted by Crippen LogP contribution is 2.23. The van der Waals surface area contributed by atoms with E-state index < -0.39 is 0 Å². The standard InChI is InChI=1S/C20H23N5O2/c1-5-25(12-17-23-19(13(2)3)24-27-17)20(26)16-11-21-14(4)22-18(16)15-9-7-6-8-10-15/h6-11,13H,5,12H2,1-4H3. The first-order valence-electron chi connectivity index (χ1n) is 9.00. The van der Waals surface area contributed by atoms with Gasteiger partial charge in [-0.2, -0.15) is 4.98 Å². The van der Waals surface area contributed by atoms with Gasteiger partial charge in [-0.05, 0) is 13.8 Å². The fourth-order valence-electron chi connectivity index (χ4n) is 2.67. The fourth-order valence-corrected chi connectivity index (χ4v) is 2.67. The zero-order valence-corrected chi connectivity index (χ0v) is 16.0. The monoisotopic (exact) mass is 365 g/mol. The van der Waals surface area contributed by atoms with Crippen molar-refractivity contribution in [2.75, 3.05) is 6.54 Å². The molecule has 1 amide bonds. The van der Waals surface area contributed by atoms with E-state index in [1.807, 2.05) is 58.0 Å². The molecular weight excluding hydrogens is 342 g/mol. The number of benzene rings is 1. The summed E-state index contributed by atoms with van der Waals surface area (Å²) in [7, 11) is 0. The minimum atomic E-state index is -0.166. The Morgan fingerprint density at radius 3 is 2.56 bits per heavy atom. The molecule has 0 atom stereocenters. The van der Waals surface area contributed by atoms with Gasteiger partial charge >= 0.3 is 0 Å². The third kappa shape index (κ3) is 4.19. The molecule has 2 heterocycles. The average Bonchev–Trinajstić information content (AvgIpc) is 3.15. The van der Waals surface area contributed by atoms with Crippen LogP contribution in [0.2, 0.25) is 0 Å². The summed E-state index contributed by atoms with van der Waals surface area (Å²) in [5, 5.41) is 3.96. The van der Waals surface area contributed by atoms with Gasteiger partial charge in [-0.3, -0.25) is 4.79 Å². The number of rotatable bonds is 6. The average molecular weight is 365 g/mol. The molecule has 2 aromatic heterocycles. The van der Waals surface area contributed by atoms with Crippen molar-refractivity contribution in [3.63, 3.8) is 0 Å². The van der Waals surface area contributed by atoms with E-state index in [0.717, 1.165) is 5.56 Å². The maximum atomic E-state index is 13.2. The minimum Gasteiger partial charge on any atom is -0.337 e. The maximum absolute atomic E-state index is 13.2. The number of aromatic nitrogens is 4. The predicted octanol–water partition coefficient (Wildman–Crippen LogP) is 3.62. The van der Waals surface area contributed by atoms with Crippen LogP contribution in [-0.4, -0.2) is 37.5 Å². The second-order valence-corrected chi connectivity index (χ2v) is 6.57. The Kier molecular flexibility index (Phi) is 5.59. The Morgan fingerprint density at radius 1 is 1.19 bits per heavy atom. The van der Waals surface area contributed by atoms with Crippen LogP contribution in [0.5, 0.6) is 0 Å². The molecule has 1 aromatic carbocycles. The van der Waals surface area contributed by atoms with Crippen LogP contribution < -0.4 is 0 Å². The van der Waals surface area contributed by atoms with Crippen LogP contribution in [0.15, 0.2) is 41.1 Å². The zero-order valence-electron chi connectivity index (χ0n) is 16.0. The molecule has 0 fully saturated rings. The molecule has 140 valence electrons. The van der Waals surface area contributed by atoms with E-state index in [1.165, 1.54) is 0 Å². The lowest BCUT2D eigenvalue weighted by molar-refractivity contribution is 0.0734. The van der Waals surface area contributed by atoms with Crippen molar-refractivity contribution < 1.29 is 9.32 Å². The van der Waals surface area contributed by atoms with Crippen LogP contribution in [0.4, 0.5) is 0 Å². The molecule has 7 nitrogen and oxygen atoms in total. The Balaban J connectivity index is 1.91. The number of hydrogen-bond donors (Lipinski definition) is 0. The Bertz CT molecular complexity index is 921. The zero-order chi connectivity index (χ0) is 19.4. The molecule has 0 saturated carbocycles. The number of nitrogens with zero attached hydrogens (tertiary/aromatic N) is 5. The Morgan fingerprint density at radius 2 is 1.93 bits per heavy atom. The number of carbonyl (C=O) groups excluding carboxylic acids is 1. The number of hydrogen-bond acceptors (Lipinski definition) is 6. The minimum absolute atomic E-state index is 0.166. The fraction of sp³-hybridized carbons (Fsp3) is 0.350. The summed E-state index contributed by atoms with van der Waals surface area (Å²) >= 11 is 0. The number of carbonyl (C=O) groups is 1. The van der Waals surface area contributed by atoms with E-state index in [-0.39, 0.29) is 18.4 Å². The number of aryl methyl sites for hydroxylation is 1. The molecule has 7 heteroatoms. The van der Waals surface area contributed by atoms with Crippen molar-refractivity contribution in [3.05, 3.63) is 59.6 Å². The van der Waals surface area contributed by atoms with Crippen molar-refractivity contribution in [3.8, 4) is 11.3 Å². The van der Waals surface area contributed by atoms with Gasteiger partial charge in [0.2, 0.25) is 5.89 Å². The first-order chi connectivity index (χ1) is 13.0. The maximum Gasteiger partial charge on any atom is 0.258 e. The highest BCUT2D eigenvalue weighted by molar-refractivity contribution is 5.99. The third-order valence-corrected chi connectivity index (χ3v) is 4.18. The highest BCUT2D eigenvalue weighted by atomic mass is 16.5. The molecule has 0 spiro atoms. The Hall–Kier alpha value is -3.09. The summed E-state index contributed by atoms with van der Waals surface area (Å²) in [6, 6.07) is 9.64. The molecule has 0 saturated heterocycles. The molecule has 0 N–H and O–H groups in total. The summed E-state index contributed by atoms with van der Waals surface area (Å²) in [6.07, 6.45) is 1.59. The third-order valence-electron chi connectivity index (χ3n) is 4.18.